The average Bonchev–Trinajstić information content (AvgIpc) is 2.27. The number of Topliss-reactive ketones (excluding diaryl/α,β-unsaturated/α-hetero) is 1. The fourth-order valence-corrected chi connectivity index (χ4v) is 2.35. The van der Waals surface area contributed by atoms with Crippen molar-refractivity contribution in [2.75, 3.05) is 17.3 Å². The average molecular weight is 283 g/mol. The van der Waals surface area contributed by atoms with Crippen molar-refractivity contribution in [2.45, 2.75) is 13.0 Å². The topological polar surface area (TPSA) is 89.5 Å². The van der Waals surface area contributed by atoms with E-state index in [1.165, 1.54) is 12.1 Å². The highest BCUT2D eigenvalue weighted by molar-refractivity contribution is 7.91. The zero-order valence-electron chi connectivity index (χ0n) is 10.5. The summed E-state index contributed by atoms with van der Waals surface area (Å²) in [4.78, 5) is 23.2. The maximum absolute atomic E-state index is 11.8. The summed E-state index contributed by atoms with van der Waals surface area (Å²) in [5, 5.41) is 2.60. The number of hydrogen-bond acceptors (Lipinski definition) is 5. The SMILES string of the molecule is CC1Oc2ccc(C(=O)CS(C)(=O)=O)cc2NC1=O. The van der Waals surface area contributed by atoms with Gasteiger partial charge in [0.1, 0.15) is 11.5 Å². The normalized spacial score (nSPS) is 18.2. The van der Waals surface area contributed by atoms with Gasteiger partial charge in [-0.1, -0.05) is 0 Å². The second-order valence-corrected chi connectivity index (χ2v) is 6.59. The Bertz CT molecular complexity index is 650. The lowest BCUT2D eigenvalue weighted by Crippen LogP contribution is -2.34. The minimum atomic E-state index is -3.38. The number of ketones is 1. The van der Waals surface area contributed by atoms with Crippen LogP contribution in [0.2, 0.25) is 0 Å². The predicted molar refractivity (Wildman–Crippen MR) is 69.2 cm³/mol. The van der Waals surface area contributed by atoms with Gasteiger partial charge in [0.2, 0.25) is 0 Å². The number of carbonyl (C=O) groups is 2. The number of benzene rings is 1. The third-order valence-corrected chi connectivity index (χ3v) is 3.41. The summed E-state index contributed by atoms with van der Waals surface area (Å²) >= 11 is 0. The van der Waals surface area contributed by atoms with E-state index >= 15 is 0 Å². The first-order valence-corrected chi connectivity index (χ1v) is 7.65. The van der Waals surface area contributed by atoms with E-state index in [0.717, 1.165) is 6.26 Å². The van der Waals surface area contributed by atoms with Gasteiger partial charge in [0.25, 0.3) is 5.91 Å². The molecule has 7 heteroatoms. The molecule has 0 aromatic heterocycles. The molecule has 0 fully saturated rings. The monoisotopic (exact) mass is 283 g/mol. The molecule has 19 heavy (non-hydrogen) atoms. The van der Waals surface area contributed by atoms with E-state index in [-0.39, 0.29) is 11.5 Å². The van der Waals surface area contributed by atoms with Crippen molar-refractivity contribution in [1.29, 1.82) is 0 Å². The van der Waals surface area contributed by atoms with Crippen molar-refractivity contribution < 1.29 is 22.7 Å². The Morgan fingerprint density at radius 1 is 1.42 bits per heavy atom. The summed E-state index contributed by atoms with van der Waals surface area (Å²) in [7, 11) is -3.38. The van der Waals surface area contributed by atoms with Crippen molar-refractivity contribution in [1.82, 2.24) is 0 Å². The molecule has 1 atom stereocenters. The number of sulfone groups is 1. The third kappa shape index (κ3) is 3.11. The van der Waals surface area contributed by atoms with Crippen LogP contribution in [0.5, 0.6) is 5.75 Å². The molecule has 1 N–H and O–H groups in total. The molecule has 0 radical (unpaired) electrons. The summed E-state index contributed by atoms with van der Waals surface area (Å²) in [6, 6.07) is 4.45. The van der Waals surface area contributed by atoms with E-state index in [9.17, 15) is 18.0 Å². The Balaban J connectivity index is 2.29. The van der Waals surface area contributed by atoms with Gasteiger partial charge < -0.3 is 10.1 Å². The van der Waals surface area contributed by atoms with E-state index in [0.29, 0.717) is 11.4 Å². The zero-order valence-corrected chi connectivity index (χ0v) is 11.3. The number of amides is 1. The van der Waals surface area contributed by atoms with Crippen LogP contribution in [0.15, 0.2) is 18.2 Å². The Kier molecular flexibility index (Phi) is 3.32. The molecule has 0 spiro atoms. The van der Waals surface area contributed by atoms with Gasteiger partial charge in [-0.15, -0.1) is 0 Å². The van der Waals surface area contributed by atoms with Crippen molar-refractivity contribution in [3.05, 3.63) is 23.8 Å². The molecule has 1 unspecified atom stereocenters. The minimum Gasteiger partial charge on any atom is -0.479 e. The number of hydrogen-bond donors (Lipinski definition) is 1. The second-order valence-electron chi connectivity index (χ2n) is 4.45. The van der Waals surface area contributed by atoms with Gasteiger partial charge in [0.15, 0.2) is 21.7 Å². The Labute approximate surface area is 110 Å². The maximum Gasteiger partial charge on any atom is 0.265 e. The molecular weight excluding hydrogens is 270 g/mol. The van der Waals surface area contributed by atoms with Gasteiger partial charge in [0.05, 0.1) is 5.69 Å². The third-order valence-electron chi connectivity index (χ3n) is 2.63. The van der Waals surface area contributed by atoms with Crippen LogP contribution in [0, 0.1) is 0 Å². The van der Waals surface area contributed by atoms with Crippen LogP contribution in [0.25, 0.3) is 0 Å². The summed E-state index contributed by atoms with van der Waals surface area (Å²) < 4.78 is 27.5. The fourth-order valence-electron chi connectivity index (χ4n) is 1.70. The molecule has 6 nitrogen and oxygen atoms in total. The standard InChI is InChI=1S/C12H13NO5S/c1-7-12(15)13-9-5-8(3-4-11(9)18-7)10(14)6-19(2,16)17/h3-5,7H,6H2,1-2H3,(H,13,15). The highest BCUT2D eigenvalue weighted by Gasteiger charge is 2.24. The molecule has 0 bridgehead atoms. The summed E-state index contributed by atoms with van der Waals surface area (Å²) in [5.74, 6) is -0.918. The fraction of sp³-hybridized carbons (Fsp3) is 0.333. The summed E-state index contributed by atoms with van der Waals surface area (Å²) in [5.41, 5.74) is 0.602. The highest BCUT2D eigenvalue weighted by Crippen LogP contribution is 2.30. The predicted octanol–water partition coefficient (Wildman–Crippen LogP) is 0.633. The van der Waals surface area contributed by atoms with Gasteiger partial charge in [-0.25, -0.2) is 8.42 Å². The largest absolute Gasteiger partial charge is 0.479 e. The second kappa shape index (κ2) is 4.65. The number of ether oxygens (including phenoxy) is 1. The Hall–Kier alpha value is -1.89. The van der Waals surface area contributed by atoms with Gasteiger partial charge >= 0.3 is 0 Å². The van der Waals surface area contributed by atoms with Crippen molar-refractivity contribution in [3.8, 4) is 5.75 Å². The molecule has 1 heterocycles. The first-order chi connectivity index (χ1) is 8.76. The van der Waals surface area contributed by atoms with Crippen molar-refractivity contribution >= 4 is 27.2 Å². The van der Waals surface area contributed by atoms with E-state index in [1.54, 1.807) is 13.0 Å². The lowest BCUT2D eigenvalue weighted by molar-refractivity contribution is -0.122. The smallest absolute Gasteiger partial charge is 0.265 e. The number of rotatable bonds is 3. The first-order valence-electron chi connectivity index (χ1n) is 5.59. The quantitative estimate of drug-likeness (QED) is 0.822. The van der Waals surface area contributed by atoms with Crippen LogP contribution in [0.3, 0.4) is 0 Å². The van der Waals surface area contributed by atoms with E-state index in [1.807, 2.05) is 0 Å². The van der Waals surface area contributed by atoms with E-state index in [2.05, 4.69) is 5.32 Å². The van der Waals surface area contributed by atoms with Gasteiger partial charge in [-0.05, 0) is 25.1 Å². The number of anilines is 1. The molecule has 1 aromatic carbocycles. The zero-order chi connectivity index (χ0) is 14.2. The van der Waals surface area contributed by atoms with Gasteiger partial charge in [-0.2, -0.15) is 0 Å². The molecule has 0 aliphatic carbocycles. The molecule has 1 aliphatic rings. The molecule has 1 amide bonds. The van der Waals surface area contributed by atoms with E-state index < -0.39 is 27.5 Å². The van der Waals surface area contributed by atoms with E-state index in [4.69, 9.17) is 4.74 Å². The molecule has 1 aliphatic heterocycles. The number of nitrogens with one attached hydrogen (secondary N) is 1. The summed E-state index contributed by atoms with van der Waals surface area (Å²) in [6.07, 6.45) is 0.403. The number of carbonyl (C=O) groups excluding carboxylic acids is 2. The van der Waals surface area contributed by atoms with Crippen LogP contribution in [-0.2, 0) is 14.6 Å². The minimum absolute atomic E-state index is 0.225. The molecule has 0 saturated heterocycles. The van der Waals surface area contributed by atoms with Gasteiger partial charge in [-0.3, -0.25) is 9.59 Å². The lowest BCUT2D eigenvalue weighted by Gasteiger charge is -2.23. The van der Waals surface area contributed by atoms with Gasteiger partial charge in [0, 0.05) is 11.8 Å². The molecule has 102 valence electrons. The van der Waals surface area contributed by atoms with Crippen LogP contribution < -0.4 is 10.1 Å². The van der Waals surface area contributed by atoms with Crippen molar-refractivity contribution in [2.24, 2.45) is 0 Å². The number of fused-ring (bicyclic) bond motifs is 1. The van der Waals surface area contributed by atoms with Crippen LogP contribution in [0.1, 0.15) is 17.3 Å². The summed E-state index contributed by atoms with van der Waals surface area (Å²) in [6.45, 7) is 1.61. The Morgan fingerprint density at radius 2 is 2.11 bits per heavy atom. The Morgan fingerprint density at radius 3 is 2.74 bits per heavy atom. The first kappa shape index (κ1) is 13.5. The molecular formula is C12H13NO5S. The molecule has 2 rings (SSSR count). The maximum atomic E-state index is 11.8. The van der Waals surface area contributed by atoms with Crippen LogP contribution in [0.4, 0.5) is 5.69 Å². The molecule has 0 saturated carbocycles. The van der Waals surface area contributed by atoms with Crippen molar-refractivity contribution in [3.63, 3.8) is 0 Å². The van der Waals surface area contributed by atoms with Crippen LogP contribution in [-0.4, -0.2) is 38.2 Å². The lowest BCUT2D eigenvalue weighted by atomic mass is 10.1. The highest BCUT2D eigenvalue weighted by atomic mass is 32.2. The van der Waals surface area contributed by atoms with Crippen LogP contribution >= 0.6 is 0 Å². The molecule has 1 aromatic rings.